The molecular weight excluding hydrogens is 438 g/mol. The average Bonchev–Trinajstić information content (AvgIpc) is 3.29. The van der Waals surface area contributed by atoms with Gasteiger partial charge in [-0.05, 0) is 74.0 Å². The van der Waals surface area contributed by atoms with Gasteiger partial charge in [0.15, 0.2) is 0 Å². The van der Waals surface area contributed by atoms with Crippen LogP contribution in [0.15, 0.2) is 91.4 Å². The number of pyridine rings is 1. The molecule has 0 aliphatic heterocycles. The number of rotatable bonds is 6. The van der Waals surface area contributed by atoms with Crippen molar-refractivity contribution in [1.82, 2.24) is 24.7 Å². The maximum atomic E-state index is 13.1. The Kier molecular flexibility index (Phi) is 6.00. The largest absolute Gasteiger partial charge is 0.324 e. The third kappa shape index (κ3) is 4.91. The van der Waals surface area contributed by atoms with E-state index in [-0.39, 0.29) is 5.91 Å². The van der Waals surface area contributed by atoms with Gasteiger partial charge >= 0.3 is 0 Å². The molecule has 8 nitrogen and oxygen atoms in total. The number of nitrogens with zero attached hydrogens (tertiary/aromatic N) is 5. The van der Waals surface area contributed by atoms with E-state index in [0.29, 0.717) is 17.3 Å². The van der Waals surface area contributed by atoms with E-state index in [1.54, 1.807) is 29.3 Å². The van der Waals surface area contributed by atoms with Gasteiger partial charge in [-0.25, -0.2) is 14.6 Å². The van der Waals surface area contributed by atoms with Gasteiger partial charge < -0.3 is 10.6 Å². The summed E-state index contributed by atoms with van der Waals surface area (Å²) in [6, 6.07) is 22.7. The Morgan fingerprint density at radius 1 is 0.914 bits per heavy atom. The SMILES string of the molecule is Cc1cc(C(=O)Nc2ccc(Nc3nccc(-c4cccnc4)n3)c(C)c2)n(-c2ccccc2)n1. The van der Waals surface area contributed by atoms with Crippen LogP contribution in [0.5, 0.6) is 0 Å². The molecule has 8 heteroatoms. The normalized spacial score (nSPS) is 10.7. The smallest absolute Gasteiger partial charge is 0.274 e. The summed E-state index contributed by atoms with van der Waals surface area (Å²) in [5, 5.41) is 10.7. The fourth-order valence-corrected chi connectivity index (χ4v) is 3.72. The lowest BCUT2D eigenvalue weighted by Crippen LogP contribution is -2.17. The van der Waals surface area contributed by atoms with Crippen LogP contribution in [-0.2, 0) is 0 Å². The second-order valence-corrected chi connectivity index (χ2v) is 8.03. The number of hydrogen-bond donors (Lipinski definition) is 2. The molecule has 2 aromatic carbocycles. The highest BCUT2D eigenvalue weighted by molar-refractivity contribution is 6.03. The van der Waals surface area contributed by atoms with Gasteiger partial charge in [0.25, 0.3) is 5.91 Å². The van der Waals surface area contributed by atoms with Gasteiger partial charge in [-0.1, -0.05) is 18.2 Å². The first-order valence-electron chi connectivity index (χ1n) is 11.1. The Hall–Kier alpha value is -4.85. The Bertz CT molecular complexity index is 1480. The van der Waals surface area contributed by atoms with Crippen LogP contribution in [0, 0.1) is 13.8 Å². The molecule has 0 saturated carbocycles. The molecule has 0 unspecified atom stereocenters. The van der Waals surface area contributed by atoms with E-state index >= 15 is 0 Å². The van der Waals surface area contributed by atoms with E-state index in [1.807, 2.05) is 80.6 Å². The zero-order valence-electron chi connectivity index (χ0n) is 19.3. The minimum atomic E-state index is -0.234. The van der Waals surface area contributed by atoms with E-state index in [9.17, 15) is 4.79 Å². The molecule has 0 fully saturated rings. The maximum absolute atomic E-state index is 13.1. The number of amides is 1. The molecule has 35 heavy (non-hydrogen) atoms. The van der Waals surface area contributed by atoms with Crippen molar-refractivity contribution in [3.05, 3.63) is 108 Å². The van der Waals surface area contributed by atoms with Crippen LogP contribution in [0.1, 0.15) is 21.7 Å². The molecule has 0 aliphatic rings. The lowest BCUT2D eigenvalue weighted by Gasteiger charge is -2.12. The zero-order chi connectivity index (χ0) is 24.2. The molecule has 0 radical (unpaired) electrons. The predicted octanol–water partition coefficient (Wildman–Crippen LogP) is 5.34. The minimum absolute atomic E-state index is 0.234. The van der Waals surface area contributed by atoms with E-state index in [1.165, 1.54) is 0 Å². The molecule has 0 atom stereocenters. The van der Waals surface area contributed by atoms with Crippen molar-refractivity contribution in [2.24, 2.45) is 0 Å². The zero-order valence-corrected chi connectivity index (χ0v) is 19.3. The van der Waals surface area contributed by atoms with E-state index in [4.69, 9.17) is 0 Å². The molecule has 3 aromatic heterocycles. The topological polar surface area (TPSA) is 97.6 Å². The quantitative estimate of drug-likeness (QED) is 0.354. The summed E-state index contributed by atoms with van der Waals surface area (Å²) in [5.41, 5.74) is 6.22. The molecule has 0 bridgehead atoms. The predicted molar refractivity (Wildman–Crippen MR) is 136 cm³/mol. The first-order chi connectivity index (χ1) is 17.1. The van der Waals surface area contributed by atoms with Crippen LogP contribution in [0.2, 0.25) is 0 Å². The number of anilines is 3. The number of aromatic nitrogens is 5. The van der Waals surface area contributed by atoms with Crippen LogP contribution >= 0.6 is 0 Å². The van der Waals surface area contributed by atoms with Crippen molar-refractivity contribution in [1.29, 1.82) is 0 Å². The average molecular weight is 462 g/mol. The summed E-state index contributed by atoms with van der Waals surface area (Å²) in [7, 11) is 0. The minimum Gasteiger partial charge on any atom is -0.324 e. The summed E-state index contributed by atoms with van der Waals surface area (Å²) in [4.78, 5) is 26.1. The molecular formula is C27H23N7O. The highest BCUT2D eigenvalue weighted by atomic mass is 16.2. The monoisotopic (exact) mass is 461 g/mol. The lowest BCUT2D eigenvalue weighted by molar-refractivity contribution is 0.101. The van der Waals surface area contributed by atoms with Gasteiger partial charge in [-0.15, -0.1) is 0 Å². The summed E-state index contributed by atoms with van der Waals surface area (Å²) in [6.07, 6.45) is 5.20. The van der Waals surface area contributed by atoms with E-state index in [0.717, 1.165) is 33.9 Å². The van der Waals surface area contributed by atoms with Crippen molar-refractivity contribution in [3.63, 3.8) is 0 Å². The van der Waals surface area contributed by atoms with Gasteiger partial charge in [0, 0.05) is 35.5 Å². The standard InChI is InChI=1S/C27H23N7O/c1-18-15-21(30-26(35)25-16-19(2)33-34(25)22-8-4-3-5-9-22)10-11-23(18)31-27-29-14-12-24(32-27)20-7-6-13-28-17-20/h3-17H,1-2H3,(H,30,35)(H,29,31,32). The number of benzene rings is 2. The summed E-state index contributed by atoms with van der Waals surface area (Å²) < 4.78 is 1.65. The first-order valence-corrected chi connectivity index (χ1v) is 11.1. The van der Waals surface area contributed by atoms with Crippen LogP contribution in [0.3, 0.4) is 0 Å². The Morgan fingerprint density at radius 3 is 2.54 bits per heavy atom. The molecule has 2 N–H and O–H groups in total. The molecule has 172 valence electrons. The van der Waals surface area contributed by atoms with Gasteiger partial charge in [-0.2, -0.15) is 5.10 Å². The molecule has 5 rings (SSSR count). The van der Waals surface area contributed by atoms with Crippen molar-refractivity contribution < 1.29 is 4.79 Å². The molecule has 1 amide bonds. The van der Waals surface area contributed by atoms with E-state index in [2.05, 4.69) is 30.7 Å². The van der Waals surface area contributed by atoms with Crippen LogP contribution in [0.25, 0.3) is 16.9 Å². The molecule has 0 aliphatic carbocycles. The molecule has 3 heterocycles. The van der Waals surface area contributed by atoms with Crippen LogP contribution in [0.4, 0.5) is 17.3 Å². The highest BCUT2D eigenvalue weighted by Crippen LogP contribution is 2.24. The summed E-state index contributed by atoms with van der Waals surface area (Å²) in [5.74, 6) is 0.246. The third-order valence-electron chi connectivity index (χ3n) is 5.41. The summed E-state index contributed by atoms with van der Waals surface area (Å²) >= 11 is 0. The van der Waals surface area contributed by atoms with Gasteiger partial charge in [0.2, 0.25) is 5.95 Å². The van der Waals surface area contributed by atoms with Crippen molar-refractivity contribution in [3.8, 4) is 16.9 Å². The molecule has 0 saturated heterocycles. The third-order valence-corrected chi connectivity index (χ3v) is 5.41. The summed E-state index contributed by atoms with van der Waals surface area (Å²) in [6.45, 7) is 3.83. The van der Waals surface area contributed by atoms with E-state index < -0.39 is 0 Å². The highest BCUT2D eigenvalue weighted by Gasteiger charge is 2.16. The number of carbonyl (C=O) groups is 1. The van der Waals surface area contributed by atoms with Crippen molar-refractivity contribution in [2.45, 2.75) is 13.8 Å². The first kappa shape index (κ1) is 22.0. The Labute approximate surface area is 202 Å². The number of nitrogens with one attached hydrogen (secondary N) is 2. The molecule has 5 aromatic rings. The van der Waals surface area contributed by atoms with Crippen LogP contribution < -0.4 is 10.6 Å². The Morgan fingerprint density at radius 2 is 1.77 bits per heavy atom. The number of hydrogen-bond acceptors (Lipinski definition) is 6. The second kappa shape index (κ2) is 9.56. The van der Waals surface area contributed by atoms with Gasteiger partial charge in [0.05, 0.1) is 17.1 Å². The van der Waals surface area contributed by atoms with Gasteiger partial charge in [0.1, 0.15) is 5.69 Å². The fraction of sp³-hybridized carbons (Fsp3) is 0.0741. The number of para-hydroxylation sites is 1. The number of aryl methyl sites for hydroxylation is 2. The lowest BCUT2D eigenvalue weighted by atomic mass is 10.1. The van der Waals surface area contributed by atoms with Gasteiger partial charge in [-0.3, -0.25) is 9.78 Å². The van der Waals surface area contributed by atoms with Crippen molar-refractivity contribution >= 4 is 23.2 Å². The second-order valence-electron chi connectivity index (χ2n) is 8.03. The maximum Gasteiger partial charge on any atom is 0.274 e. The van der Waals surface area contributed by atoms with Crippen molar-refractivity contribution in [2.75, 3.05) is 10.6 Å². The van der Waals surface area contributed by atoms with Crippen LogP contribution in [-0.4, -0.2) is 30.6 Å². The Balaban J connectivity index is 1.33. The number of carbonyl (C=O) groups excluding carboxylic acids is 1. The fourth-order valence-electron chi connectivity index (χ4n) is 3.72. The molecule has 0 spiro atoms.